The van der Waals surface area contributed by atoms with Crippen molar-refractivity contribution in [2.75, 3.05) is 13.1 Å². The lowest BCUT2D eigenvalue weighted by atomic mass is 10.1. The van der Waals surface area contributed by atoms with Crippen molar-refractivity contribution in [2.24, 2.45) is 0 Å². The first kappa shape index (κ1) is 10.5. The predicted octanol–water partition coefficient (Wildman–Crippen LogP) is 1.79. The summed E-state index contributed by atoms with van der Waals surface area (Å²) >= 11 is 0. The zero-order valence-electron chi connectivity index (χ0n) is 9.71. The second kappa shape index (κ2) is 4.67. The fourth-order valence-corrected chi connectivity index (χ4v) is 2.47. The van der Waals surface area contributed by atoms with E-state index in [1.165, 1.54) is 17.7 Å². The second-order valence-electron chi connectivity index (χ2n) is 4.59. The monoisotopic (exact) mass is 228 g/mol. The van der Waals surface area contributed by atoms with E-state index in [0.717, 1.165) is 19.6 Å². The van der Waals surface area contributed by atoms with E-state index in [0.29, 0.717) is 5.92 Å². The second-order valence-corrected chi connectivity index (χ2v) is 4.59. The molecule has 0 aromatic carbocycles. The molecule has 0 spiro atoms. The molecule has 0 saturated carbocycles. The Morgan fingerprint density at radius 3 is 2.88 bits per heavy atom. The Bertz CT molecular complexity index is 452. The van der Waals surface area contributed by atoms with E-state index >= 15 is 0 Å². The molecule has 1 aliphatic heterocycles. The first-order valence-electron chi connectivity index (χ1n) is 6.02. The van der Waals surface area contributed by atoms with Crippen LogP contribution in [0.3, 0.4) is 0 Å². The van der Waals surface area contributed by atoms with Crippen LogP contribution in [0.5, 0.6) is 0 Å². The third kappa shape index (κ3) is 2.36. The van der Waals surface area contributed by atoms with Crippen LogP contribution in [-0.4, -0.2) is 33.2 Å². The summed E-state index contributed by atoms with van der Waals surface area (Å²) < 4.78 is 0. The molecule has 1 atom stereocenters. The molecule has 3 rings (SSSR count). The Morgan fingerprint density at radius 2 is 2.12 bits per heavy atom. The van der Waals surface area contributed by atoms with Crippen LogP contribution < -0.4 is 0 Å². The van der Waals surface area contributed by atoms with Crippen molar-refractivity contribution in [3.63, 3.8) is 0 Å². The average Bonchev–Trinajstić information content (AvgIpc) is 3.00. The van der Waals surface area contributed by atoms with Crippen LogP contribution in [0.2, 0.25) is 0 Å². The van der Waals surface area contributed by atoms with Gasteiger partial charge < -0.3 is 0 Å². The summed E-state index contributed by atoms with van der Waals surface area (Å²) in [5, 5.41) is 7.10. The summed E-state index contributed by atoms with van der Waals surface area (Å²) in [6.45, 7) is 3.30. The van der Waals surface area contributed by atoms with Gasteiger partial charge in [0.15, 0.2) is 0 Å². The summed E-state index contributed by atoms with van der Waals surface area (Å²) in [7, 11) is 0. The Kier molecular flexibility index (Phi) is 2.88. The lowest BCUT2D eigenvalue weighted by molar-refractivity contribution is 0.326. The van der Waals surface area contributed by atoms with Crippen LogP contribution in [0, 0.1) is 0 Å². The van der Waals surface area contributed by atoms with E-state index in [4.69, 9.17) is 0 Å². The van der Waals surface area contributed by atoms with E-state index < -0.39 is 0 Å². The summed E-state index contributed by atoms with van der Waals surface area (Å²) in [4.78, 5) is 6.53. The minimum Gasteiger partial charge on any atom is -0.298 e. The SMILES string of the molecule is c1cc(CN2CC[C@H](c3ccn[nH]3)C2)ccn1. The van der Waals surface area contributed by atoms with Crippen LogP contribution in [0.15, 0.2) is 36.8 Å². The van der Waals surface area contributed by atoms with Gasteiger partial charge in [-0.3, -0.25) is 15.0 Å². The molecule has 0 unspecified atom stereocenters. The number of rotatable bonds is 3. The predicted molar refractivity (Wildman–Crippen MR) is 65.5 cm³/mol. The highest BCUT2D eigenvalue weighted by Gasteiger charge is 2.24. The van der Waals surface area contributed by atoms with Crippen molar-refractivity contribution in [3.05, 3.63) is 48.0 Å². The van der Waals surface area contributed by atoms with Gasteiger partial charge in [-0.05, 0) is 36.7 Å². The lowest BCUT2D eigenvalue weighted by Crippen LogP contribution is -2.19. The highest BCUT2D eigenvalue weighted by molar-refractivity contribution is 5.12. The molecule has 4 nitrogen and oxygen atoms in total. The van der Waals surface area contributed by atoms with Gasteiger partial charge in [0.1, 0.15) is 0 Å². The van der Waals surface area contributed by atoms with Gasteiger partial charge in [0, 0.05) is 43.3 Å². The van der Waals surface area contributed by atoms with Crippen LogP contribution in [-0.2, 0) is 6.54 Å². The van der Waals surface area contributed by atoms with Gasteiger partial charge in [-0.1, -0.05) is 0 Å². The minimum atomic E-state index is 0.610. The number of hydrogen-bond donors (Lipinski definition) is 1. The topological polar surface area (TPSA) is 44.8 Å². The summed E-state index contributed by atoms with van der Waals surface area (Å²) in [6.07, 6.45) is 6.77. The van der Waals surface area contributed by atoms with Crippen molar-refractivity contribution in [3.8, 4) is 0 Å². The molecule has 3 heterocycles. The Hall–Kier alpha value is -1.68. The number of hydrogen-bond acceptors (Lipinski definition) is 3. The zero-order chi connectivity index (χ0) is 11.5. The van der Waals surface area contributed by atoms with Crippen molar-refractivity contribution < 1.29 is 0 Å². The summed E-state index contributed by atoms with van der Waals surface area (Å²) in [5.74, 6) is 0.610. The van der Waals surface area contributed by atoms with Gasteiger partial charge in [-0.15, -0.1) is 0 Å². The van der Waals surface area contributed by atoms with Crippen molar-refractivity contribution >= 4 is 0 Å². The van der Waals surface area contributed by atoms with Gasteiger partial charge in [-0.2, -0.15) is 5.10 Å². The fraction of sp³-hybridized carbons (Fsp3) is 0.385. The van der Waals surface area contributed by atoms with Crippen LogP contribution >= 0.6 is 0 Å². The molecule has 2 aromatic rings. The van der Waals surface area contributed by atoms with Gasteiger partial charge in [0.25, 0.3) is 0 Å². The molecule has 1 saturated heterocycles. The molecule has 17 heavy (non-hydrogen) atoms. The Labute approximate surface area is 101 Å². The molecule has 1 fully saturated rings. The van der Waals surface area contributed by atoms with Gasteiger partial charge in [-0.25, -0.2) is 0 Å². The van der Waals surface area contributed by atoms with E-state index in [9.17, 15) is 0 Å². The number of aromatic amines is 1. The maximum absolute atomic E-state index is 4.04. The molecule has 0 aliphatic carbocycles. The van der Waals surface area contributed by atoms with Gasteiger partial charge >= 0.3 is 0 Å². The highest BCUT2D eigenvalue weighted by Crippen LogP contribution is 2.26. The van der Waals surface area contributed by atoms with Gasteiger partial charge in [0.05, 0.1) is 0 Å². The first-order chi connectivity index (χ1) is 8.42. The minimum absolute atomic E-state index is 0.610. The molecular weight excluding hydrogens is 212 g/mol. The van der Waals surface area contributed by atoms with Gasteiger partial charge in [0.2, 0.25) is 0 Å². The molecule has 1 aliphatic rings. The van der Waals surface area contributed by atoms with E-state index in [2.05, 4.69) is 38.3 Å². The third-order valence-corrected chi connectivity index (χ3v) is 3.39. The summed E-state index contributed by atoms with van der Waals surface area (Å²) in [6, 6.07) is 6.26. The number of likely N-dealkylation sites (tertiary alicyclic amines) is 1. The van der Waals surface area contributed by atoms with E-state index in [1.54, 1.807) is 0 Å². The molecule has 0 bridgehead atoms. The van der Waals surface area contributed by atoms with Crippen molar-refractivity contribution in [2.45, 2.75) is 18.9 Å². The maximum atomic E-state index is 4.04. The largest absolute Gasteiger partial charge is 0.298 e. The number of aromatic nitrogens is 3. The number of pyridine rings is 1. The lowest BCUT2D eigenvalue weighted by Gasteiger charge is -2.15. The molecule has 2 aromatic heterocycles. The molecule has 4 heteroatoms. The molecule has 88 valence electrons. The number of nitrogens with one attached hydrogen (secondary N) is 1. The van der Waals surface area contributed by atoms with Crippen LogP contribution in [0.1, 0.15) is 23.6 Å². The van der Waals surface area contributed by atoms with Crippen molar-refractivity contribution in [1.82, 2.24) is 20.1 Å². The smallest absolute Gasteiger partial charge is 0.0490 e. The number of nitrogens with zero attached hydrogens (tertiary/aromatic N) is 3. The zero-order valence-corrected chi connectivity index (χ0v) is 9.71. The summed E-state index contributed by atoms with van der Waals surface area (Å²) in [5.41, 5.74) is 2.60. The van der Waals surface area contributed by atoms with Crippen LogP contribution in [0.4, 0.5) is 0 Å². The van der Waals surface area contributed by atoms with E-state index in [1.807, 2.05) is 18.6 Å². The third-order valence-electron chi connectivity index (χ3n) is 3.39. The maximum Gasteiger partial charge on any atom is 0.0490 e. The molecular formula is C13H16N4. The molecule has 1 N–H and O–H groups in total. The Balaban J connectivity index is 1.61. The van der Waals surface area contributed by atoms with E-state index in [-0.39, 0.29) is 0 Å². The van der Waals surface area contributed by atoms with Crippen LogP contribution in [0.25, 0.3) is 0 Å². The standard InChI is InChI=1S/C13H16N4/c1-5-14-6-2-11(1)9-17-8-4-12(10-17)13-3-7-15-16-13/h1-3,5-7,12H,4,8-10H2,(H,15,16)/t12-/m0/s1. The normalized spacial score (nSPS) is 20.8. The Morgan fingerprint density at radius 1 is 1.24 bits per heavy atom. The highest BCUT2D eigenvalue weighted by atomic mass is 15.2. The fourth-order valence-electron chi connectivity index (χ4n) is 2.47. The first-order valence-corrected chi connectivity index (χ1v) is 6.02. The molecule has 0 amide bonds. The van der Waals surface area contributed by atoms with Crippen molar-refractivity contribution in [1.29, 1.82) is 0 Å². The number of H-pyrrole nitrogens is 1. The quantitative estimate of drug-likeness (QED) is 0.871. The molecule has 0 radical (unpaired) electrons. The average molecular weight is 228 g/mol.